The monoisotopic (exact) mass is 612 g/mol. The SMILES string of the molecule is CC(=O)N1CCN(c2c(C)n(CC(=O)Nc3cc(F)c(C(F)(F)F)nc3Cl)c3nc(C4=CCOCC4)nn3c2=O)CC1. The van der Waals surface area contributed by atoms with Crippen LogP contribution in [0.15, 0.2) is 16.9 Å². The summed E-state index contributed by atoms with van der Waals surface area (Å²) in [6, 6.07) is 0.441. The topological polar surface area (TPSA) is 127 Å². The van der Waals surface area contributed by atoms with Crippen LogP contribution in [0.5, 0.6) is 0 Å². The molecule has 5 rings (SSSR count). The first-order chi connectivity index (χ1) is 19.8. The third-order valence-corrected chi connectivity index (χ3v) is 7.33. The highest BCUT2D eigenvalue weighted by Gasteiger charge is 2.37. The Balaban J connectivity index is 1.54. The average molecular weight is 613 g/mol. The van der Waals surface area contributed by atoms with Gasteiger partial charge in [-0.2, -0.15) is 22.7 Å². The van der Waals surface area contributed by atoms with Gasteiger partial charge in [-0.1, -0.05) is 17.7 Å². The minimum Gasteiger partial charge on any atom is -0.377 e. The molecular weight excluding hydrogens is 588 g/mol. The van der Waals surface area contributed by atoms with Crippen molar-refractivity contribution in [3.63, 3.8) is 0 Å². The van der Waals surface area contributed by atoms with Crippen molar-refractivity contribution in [2.24, 2.45) is 0 Å². The number of hydrogen-bond acceptors (Lipinski definition) is 8. The lowest BCUT2D eigenvalue weighted by Gasteiger charge is -2.36. The van der Waals surface area contributed by atoms with E-state index in [0.717, 1.165) is 10.1 Å². The van der Waals surface area contributed by atoms with Gasteiger partial charge in [0.2, 0.25) is 17.6 Å². The largest absolute Gasteiger partial charge is 0.436 e. The number of rotatable bonds is 5. The summed E-state index contributed by atoms with van der Waals surface area (Å²) >= 11 is 5.83. The predicted octanol–water partition coefficient (Wildman–Crippen LogP) is 2.52. The molecule has 12 nitrogen and oxygen atoms in total. The molecule has 0 aliphatic carbocycles. The molecule has 17 heteroatoms. The normalized spacial score (nSPS) is 16.1. The van der Waals surface area contributed by atoms with Gasteiger partial charge in [0, 0.05) is 44.9 Å². The van der Waals surface area contributed by atoms with E-state index in [-0.39, 0.29) is 23.2 Å². The number of hydrogen-bond donors (Lipinski definition) is 1. The van der Waals surface area contributed by atoms with Gasteiger partial charge >= 0.3 is 6.18 Å². The summed E-state index contributed by atoms with van der Waals surface area (Å²) in [5, 5.41) is 5.96. The summed E-state index contributed by atoms with van der Waals surface area (Å²) in [6.07, 6.45) is -2.77. The smallest absolute Gasteiger partial charge is 0.377 e. The number of halogens is 5. The molecule has 3 aromatic rings. The van der Waals surface area contributed by atoms with E-state index in [1.807, 2.05) is 0 Å². The number of ether oxygens (including phenoxy) is 1. The molecule has 0 atom stereocenters. The maximum absolute atomic E-state index is 14.1. The molecule has 42 heavy (non-hydrogen) atoms. The molecule has 1 fully saturated rings. The molecule has 0 radical (unpaired) electrons. The first-order valence-electron chi connectivity index (χ1n) is 12.9. The number of nitrogens with zero attached hydrogens (tertiary/aromatic N) is 7. The van der Waals surface area contributed by atoms with Crippen molar-refractivity contribution in [3.8, 4) is 0 Å². The van der Waals surface area contributed by atoms with E-state index in [1.165, 1.54) is 11.5 Å². The summed E-state index contributed by atoms with van der Waals surface area (Å²) in [6.45, 7) is 4.86. The molecule has 0 aromatic carbocycles. The van der Waals surface area contributed by atoms with Crippen LogP contribution in [0.3, 0.4) is 0 Å². The second-order valence-corrected chi connectivity index (χ2v) is 10.1. The Bertz CT molecular complexity index is 1660. The molecule has 5 heterocycles. The van der Waals surface area contributed by atoms with Gasteiger partial charge in [-0.05, 0) is 18.9 Å². The Kier molecular flexibility index (Phi) is 7.94. The molecule has 1 N–H and O–H groups in total. The first kappa shape index (κ1) is 29.4. The Morgan fingerprint density at radius 2 is 1.88 bits per heavy atom. The molecule has 2 amide bonds. The Morgan fingerprint density at radius 3 is 2.50 bits per heavy atom. The van der Waals surface area contributed by atoms with E-state index >= 15 is 0 Å². The van der Waals surface area contributed by atoms with Gasteiger partial charge in [-0.15, -0.1) is 5.10 Å². The standard InChI is InChI=1S/C25H25ClF4N8O4/c1-13-19(36-7-5-35(6-8-36)14(2)39)23(41)38-24(33-22(34-38)15-3-9-42-10-4-15)37(13)12-18(40)31-17-11-16(27)20(25(28,29)30)32-21(17)26/h3,11H,4-10,12H2,1-2H3,(H,31,40). The van der Waals surface area contributed by atoms with Gasteiger partial charge in [0.15, 0.2) is 22.5 Å². The second-order valence-electron chi connectivity index (χ2n) is 9.72. The number of aromatic nitrogens is 5. The van der Waals surface area contributed by atoms with Gasteiger partial charge in [-0.3, -0.25) is 14.4 Å². The summed E-state index contributed by atoms with van der Waals surface area (Å²) in [7, 11) is 0. The van der Waals surface area contributed by atoms with E-state index < -0.39 is 46.5 Å². The van der Waals surface area contributed by atoms with Crippen LogP contribution in [0.25, 0.3) is 11.4 Å². The number of carbonyl (C=O) groups excluding carboxylic acids is 2. The minimum atomic E-state index is -5.08. The molecule has 0 bridgehead atoms. The van der Waals surface area contributed by atoms with E-state index in [1.54, 1.807) is 22.8 Å². The zero-order valence-corrected chi connectivity index (χ0v) is 23.2. The van der Waals surface area contributed by atoms with Gasteiger partial charge in [0.25, 0.3) is 5.56 Å². The van der Waals surface area contributed by atoms with Crippen molar-refractivity contribution >= 4 is 46.1 Å². The number of pyridine rings is 1. The third kappa shape index (κ3) is 5.68. The molecule has 0 unspecified atom stereocenters. The Labute approximate surface area is 240 Å². The van der Waals surface area contributed by atoms with Gasteiger partial charge in [-0.25, -0.2) is 9.37 Å². The number of fused-ring (bicyclic) bond motifs is 1. The molecule has 0 saturated carbocycles. The average Bonchev–Trinajstić information content (AvgIpc) is 3.39. The number of nitrogens with one attached hydrogen (secondary N) is 1. The van der Waals surface area contributed by atoms with Gasteiger partial charge in [0.05, 0.1) is 18.9 Å². The molecule has 3 aromatic heterocycles. The summed E-state index contributed by atoms with van der Waals surface area (Å²) in [5.74, 6) is -2.27. The summed E-state index contributed by atoms with van der Waals surface area (Å²) in [5.41, 5.74) is -1.38. The predicted molar refractivity (Wildman–Crippen MR) is 143 cm³/mol. The Hall–Kier alpha value is -4.05. The molecule has 224 valence electrons. The highest BCUT2D eigenvalue weighted by Crippen LogP contribution is 2.33. The van der Waals surface area contributed by atoms with Gasteiger partial charge < -0.3 is 24.4 Å². The number of piperazine rings is 1. The quantitative estimate of drug-likeness (QED) is 0.344. The van der Waals surface area contributed by atoms with E-state index in [2.05, 4.69) is 20.4 Å². The van der Waals surface area contributed by atoms with Crippen LogP contribution in [0, 0.1) is 12.7 Å². The van der Waals surface area contributed by atoms with Crippen LogP contribution in [0.2, 0.25) is 5.15 Å². The molecule has 1 saturated heterocycles. The molecule has 2 aliphatic heterocycles. The highest BCUT2D eigenvalue weighted by atomic mass is 35.5. The fourth-order valence-electron chi connectivity index (χ4n) is 4.90. The summed E-state index contributed by atoms with van der Waals surface area (Å²) < 4.78 is 61.0. The van der Waals surface area contributed by atoms with Crippen molar-refractivity contribution in [1.29, 1.82) is 0 Å². The van der Waals surface area contributed by atoms with Crippen molar-refractivity contribution in [2.75, 3.05) is 49.6 Å². The van der Waals surface area contributed by atoms with Crippen molar-refractivity contribution < 1.29 is 31.9 Å². The van der Waals surface area contributed by atoms with E-state index in [0.29, 0.717) is 57.6 Å². The molecular formula is C25H25ClF4N8O4. The second kappa shape index (κ2) is 11.3. The summed E-state index contributed by atoms with van der Waals surface area (Å²) in [4.78, 5) is 49.7. The van der Waals surface area contributed by atoms with Crippen molar-refractivity contribution in [2.45, 2.75) is 33.0 Å². The van der Waals surface area contributed by atoms with Crippen molar-refractivity contribution in [3.05, 3.63) is 50.7 Å². The fourth-order valence-corrected chi connectivity index (χ4v) is 5.08. The van der Waals surface area contributed by atoms with Crippen LogP contribution in [-0.4, -0.2) is 80.3 Å². The zero-order valence-electron chi connectivity index (χ0n) is 22.5. The lowest BCUT2D eigenvalue weighted by molar-refractivity contribution is -0.143. The number of alkyl halides is 3. The van der Waals surface area contributed by atoms with Crippen LogP contribution < -0.4 is 15.8 Å². The Morgan fingerprint density at radius 1 is 1.17 bits per heavy atom. The van der Waals surface area contributed by atoms with Gasteiger partial charge in [0.1, 0.15) is 12.2 Å². The minimum absolute atomic E-state index is 0.0454. The van der Waals surface area contributed by atoms with Crippen LogP contribution in [-0.2, 0) is 27.0 Å². The van der Waals surface area contributed by atoms with Crippen LogP contribution in [0.1, 0.15) is 30.6 Å². The number of amides is 2. The van der Waals surface area contributed by atoms with Crippen LogP contribution >= 0.6 is 11.6 Å². The maximum atomic E-state index is 14.1. The fraction of sp³-hybridized carbons (Fsp3) is 0.440. The maximum Gasteiger partial charge on any atom is 0.436 e. The number of anilines is 2. The van der Waals surface area contributed by atoms with E-state index in [9.17, 15) is 31.9 Å². The van der Waals surface area contributed by atoms with Crippen molar-refractivity contribution in [1.82, 2.24) is 29.0 Å². The first-order valence-corrected chi connectivity index (χ1v) is 13.2. The lowest BCUT2D eigenvalue weighted by Crippen LogP contribution is -2.50. The lowest BCUT2D eigenvalue weighted by atomic mass is 10.1. The van der Waals surface area contributed by atoms with E-state index in [4.69, 9.17) is 16.3 Å². The number of carbonyl (C=O) groups is 2. The van der Waals surface area contributed by atoms with Crippen LogP contribution in [0.4, 0.5) is 28.9 Å². The molecule has 0 spiro atoms. The zero-order chi connectivity index (χ0) is 30.3. The highest BCUT2D eigenvalue weighted by molar-refractivity contribution is 6.32. The third-order valence-electron chi connectivity index (χ3n) is 7.04. The molecule has 2 aliphatic rings.